The van der Waals surface area contributed by atoms with E-state index in [0.29, 0.717) is 48.7 Å². The van der Waals surface area contributed by atoms with Crippen molar-refractivity contribution in [3.05, 3.63) is 59.9 Å². The second-order valence-electron chi connectivity index (χ2n) is 8.32. The van der Waals surface area contributed by atoms with Crippen LogP contribution in [-0.2, 0) is 10.0 Å². The van der Waals surface area contributed by atoms with Crippen LogP contribution in [0.3, 0.4) is 0 Å². The largest absolute Gasteiger partial charge is 0.497 e. The highest BCUT2D eigenvalue weighted by molar-refractivity contribution is 7.92. The number of anilines is 2. The number of ether oxygens (including phenoxy) is 1. The molecule has 1 aliphatic heterocycles. The van der Waals surface area contributed by atoms with Gasteiger partial charge in [-0.05, 0) is 48.4 Å². The van der Waals surface area contributed by atoms with Crippen molar-refractivity contribution in [2.24, 2.45) is 0 Å². The highest BCUT2D eigenvalue weighted by atomic mass is 35.5. The van der Waals surface area contributed by atoms with Crippen molar-refractivity contribution >= 4 is 39.1 Å². The van der Waals surface area contributed by atoms with Gasteiger partial charge in [0.05, 0.1) is 18.6 Å². The number of pyridine rings is 1. The Morgan fingerprint density at radius 3 is 2.36 bits per heavy atom. The summed E-state index contributed by atoms with van der Waals surface area (Å²) >= 11 is 6.44. The Bertz CT molecular complexity index is 1360. The van der Waals surface area contributed by atoms with Crippen LogP contribution in [0.15, 0.2) is 54.7 Å². The normalized spacial score (nSPS) is 14.0. The number of benzene rings is 2. The predicted octanol–water partition coefficient (Wildman–Crippen LogP) is 4.64. The van der Waals surface area contributed by atoms with E-state index in [1.165, 1.54) is 12.0 Å². The molecule has 1 fully saturated rings. The molecule has 2 heterocycles. The van der Waals surface area contributed by atoms with E-state index in [1.54, 1.807) is 31.3 Å². The summed E-state index contributed by atoms with van der Waals surface area (Å²) in [6, 6.07) is 15.0. The van der Waals surface area contributed by atoms with Gasteiger partial charge in [0.2, 0.25) is 10.0 Å². The van der Waals surface area contributed by atoms with Gasteiger partial charge in [0, 0.05) is 55.3 Å². The van der Waals surface area contributed by atoms with E-state index < -0.39 is 16.1 Å². The van der Waals surface area contributed by atoms with Crippen LogP contribution in [0, 0.1) is 0 Å². The Hall–Kier alpha value is -3.50. The second kappa shape index (κ2) is 10.6. The summed E-state index contributed by atoms with van der Waals surface area (Å²) in [6.45, 7) is 3.78. The topological polar surface area (TPSA) is 112 Å². The zero-order valence-corrected chi connectivity index (χ0v) is 21.5. The maximum atomic E-state index is 12.1. The number of sulfonamides is 1. The molecule has 2 aromatic carbocycles. The molecule has 36 heavy (non-hydrogen) atoms. The van der Waals surface area contributed by atoms with Gasteiger partial charge in [-0.1, -0.05) is 23.7 Å². The third kappa shape index (κ3) is 5.83. The highest BCUT2D eigenvalue weighted by Crippen LogP contribution is 2.35. The summed E-state index contributed by atoms with van der Waals surface area (Å²) in [5, 5.41) is 9.42. The number of rotatable bonds is 7. The number of carboxylic acid groups (broad SMARTS) is 1. The molecule has 0 aliphatic carbocycles. The Balaban J connectivity index is 1.61. The Morgan fingerprint density at radius 1 is 1.06 bits per heavy atom. The smallest absolute Gasteiger partial charge is 0.407 e. The number of aromatic nitrogens is 1. The molecule has 9 nitrogen and oxygen atoms in total. The quantitative estimate of drug-likeness (QED) is 0.428. The van der Waals surface area contributed by atoms with E-state index in [1.807, 2.05) is 30.3 Å². The van der Waals surface area contributed by atoms with Crippen LogP contribution in [0.1, 0.15) is 6.92 Å². The van der Waals surface area contributed by atoms with E-state index >= 15 is 0 Å². The minimum absolute atomic E-state index is 0.0530. The summed E-state index contributed by atoms with van der Waals surface area (Å²) in [5.74, 6) is 0.429. The fraction of sp³-hybridized carbons (Fsp3) is 0.280. The molecule has 1 aromatic heterocycles. The Morgan fingerprint density at radius 2 is 1.75 bits per heavy atom. The molecular formula is C25H27ClN4O5S. The van der Waals surface area contributed by atoms with Crippen LogP contribution in [0.2, 0.25) is 5.15 Å². The standard InChI is InChI=1S/C25H27ClN4O5S/c1-3-36(33,34)28-20-12-18(13-22(15-20)35-2)23-14-19(16-27-24(23)26)17-4-6-21(7-5-17)29-8-10-30(11-9-29)25(31)32/h4-7,12-16,28H,3,8-11H2,1-2H3,(H,31,32). The molecule has 1 saturated heterocycles. The van der Waals surface area contributed by atoms with Gasteiger partial charge in [0.1, 0.15) is 10.9 Å². The van der Waals surface area contributed by atoms with Gasteiger partial charge in [0.15, 0.2) is 0 Å². The van der Waals surface area contributed by atoms with E-state index in [9.17, 15) is 13.2 Å². The van der Waals surface area contributed by atoms with Gasteiger partial charge >= 0.3 is 6.09 Å². The zero-order chi connectivity index (χ0) is 25.9. The minimum Gasteiger partial charge on any atom is -0.497 e. The molecule has 190 valence electrons. The average molecular weight is 531 g/mol. The fourth-order valence-corrected chi connectivity index (χ4v) is 4.85. The molecule has 0 bridgehead atoms. The average Bonchev–Trinajstić information content (AvgIpc) is 2.88. The Kier molecular flexibility index (Phi) is 7.56. The summed E-state index contributed by atoms with van der Waals surface area (Å²) in [5.41, 5.74) is 4.47. The summed E-state index contributed by atoms with van der Waals surface area (Å²) in [7, 11) is -1.96. The van der Waals surface area contributed by atoms with Gasteiger partial charge in [0.25, 0.3) is 0 Å². The van der Waals surface area contributed by atoms with Crippen LogP contribution in [0.5, 0.6) is 5.75 Å². The number of hydrogen-bond donors (Lipinski definition) is 2. The summed E-state index contributed by atoms with van der Waals surface area (Å²) < 4.78 is 32.1. The van der Waals surface area contributed by atoms with Crippen molar-refractivity contribution in [2.75, 3.05) is 48.7 Å². The lowest BCUT2D eigenvalue weighted by Crippen LogP contribution is -2.48. The van der Waals surface area contributed by atoms with Crippen LogP contribution >= 0.6 is 11.6 Å². The van der Waals surface area contributed by atoms with E-state index in [-0.39, 0.29) is 10.9 Å². The number of hydrogen-bond acceptors (Lipinski definition) is 6. The van der Waals surface area contributed by atoms with Crippen LogP contribution in [-0.4, -0.2) is 68.5 Å². The van der Waals surface area contributed by atoms with Crippen molar-refractivity contribution in [3.63, 3.8) is 0 Å². The van der Waals surface area contributed by atoms with Crippen molar-refractivity contribution in [3.8, 4) is 28.0 Å². The van der Waals surface area contributed by atoms with E-state index in [0.717, 1.165) is 16.8 Å². The molecule has 0 unspecified atom stereocenters. The molecule has 2 N–H and O–H groups in total. The molecule has 1 amide bonds. The SMILES string of the molecule is CCS(=O)(=O)Nc1cc(OC)cc(-c2cc(-c3ccc(N4CCN(C(=O)O)CC4)cc3)cnc2Cl)c1. The molecule has 0 saturated carbocycles. The minimum atomic E-state index is -3.47. The number of piperazine rings is 1. The molecule has 3 aromatic rings. The van der Waals surface area contributed by atoms with Crippen LogP contribution in [0.25, 0.3) is 22.3 Å². The van der Waals surface area contributed by atoms with Gasteiger partial charge in [-0.25, -0.2) is 18.2 Å². The first-order valence-corrected chi connectivity index (χ1v) is 13.4. The first-order chi connectivity index (χ1) is 17.2. The molecule has 0 spiro atoms. The van der Waals surface area contributed by atoms with Crippen LogP contribution < -0.4 is 14.4 Å². The van der Waals surface area contributed by atoms with Gasteiger partial charge in [-0.2, -0.15) is 0 Å². The number of nitrogens with one attached hydrogen (secondary N) is 1. The first-order valence-electron chi connectivity index (χ1n) is 11.4. The lowest BCUT2D eigenvalue weighted by Gasteiger charge is -2.34. The number of amides is 1. The van der Waals surface area contributed by atoms with Crippen molar-refractivity contribution < 1.29 is 23.1 Å². The molecule has 11 heteroatoms. The highest BCUT2D eigenvalue weighted by Gasteiger charge is 2.20. The number of halogens is 1. The third-order valence-electron chi connectivity index (χ3n) is 6.06. The fourth-order valence-electron chi connectivity index (χ4n) is 4.01. The van der Waals surface area contributed by atoms with Crippen molar-refractivity contribution in [1.29, 1.82) is 0 Å². The Labute approximate surface area is 215 Å². The number of methoxy groups -OCH3 is 1. The van der Waals surface area contributed by atoms with Gasteiger partial charge in [-0.15, -0.1) is 0 Å². The lowest BCUT2D eigenvalue weighted by molar-refractivity contribution is 0.142. The van der Waals surface area contributed by atoms with Crippen molar-refractivity contribution in [1.82, 2.24) is 9.88 Å². The van der Waals surface area contributed by atoms with Crippen LogP contribution in [0.4, 0.5) is 16.2 Å². The molecule has 0 atom stereocenters. The monoisotopic (exact) mass is 530 g/mol. The molecule has 4 rings (SSSR count). The van der Waals surface area contributed by atoms with Gasteiger partial charge < -0.3 is 19.6 Å². The second-order valence-corrected chi connectivity index (χ2v) is 10.7. The third-order valence-corrected chi connectivity index (χ3v) is 7.67. The maximum absolute atomic E-state index is 12.1. The number of carbonyl (C=O) groups is 1. The van der Waals surface area contributed by atoms with Crippen molar-refractivity contribution in [2.45, 2.75) is 6.92 Å². The molecule has 0 radical (unpaired) electrons. The maximum Gasteiger partial charge on any atom is 0.407 e. The van der Waals surface area contributed by atoms with Gasteiger partial charge in [-0.3, -0.25) is 4.72 Å². The summed E-state index contributed by atoms with van der Waals surface area (Å²) in [4.78, 5) is 19.1. The lowest BCUT2D eigenvalue weighted by atomic mass is 10.0. The molecule has 1 aliphatic rings. The van der Waals surface area contributed by atoms with E-state index in [2.05, 4.69) is 14.6 Å². The summed E-state index contributed by atoms with van der Waals surface area (Å²) in [6.07, 6.45) is 0.801. The first kappa shape index (κ1) is 25.6. The zero-order valence-electron chi connectivity index (χ0n) is 19.9. The molecular weight excluding hydrogens is 504 g/mol. The predicted molar refractivity (Wildman–Crippen MR) is 142 cm³/mol. The number of nitrogens with zero attached hydrogens (tertiary/aromatic N) is 3. The van der Waals surface area contributed by atoms with E-state index in [4.69, 9.17) is 21.4 Å².